The lowest BCUT2D eigenvalue weighted by molar-refractivity contribution is 0.138. The first-order valence-corrected chi connectivity index (χ1v) is 7.95. The molecule has 0 atom stereocenters. The number of likely N-dealkylation sites (N-methyl/N-ethyl adjacent to an activating group) is 1. The quantitative estimate of drug-likeness (QED) is 0.924. The average molecular weight is 289 g/mol. The van der Waals surface area contributed by atoms with Crippen molar-refractivity contribution in [2.75, 3.05) is 43.9 Å². The van der Waals surface area contributed by atoms with Crippen molar-refractivity contribution in [1.29, 1.82) is 0 Å². The number of nitrogens with one attached hydrogen (secondary N) is 1. The lowest BCUT2D eigenvalue weighted by Crippen LogP contribution is -2.58. The molecule has 3 rings (SSSR count). The van der Waals surface area contributed by atoms with Gasteiger partial charge in [0.05, 0.1) is 0 Å². The highest BCUT2D eigenvalue weighted by Crippen LogP contribution is 2.40. The van der Waals surface area contributed by atoms with Crippen LogP contribution in [-0.4, -0.2) is 54.1 Å². The molecule has 1 saturated heterocycles. The van der Waals surface area contributed by atoms with Crippen LogP contribution in [0.15, 0.2) is 0 Å². The van der Waals surface area contributed by atoms with Gasteiger partial charge in [0.1, 0.15) is 17.5 Å². The summed E-state index contributed by atoms with van der Waals surface area (Å²) >= 11 is 0. The molecule has 0 spiro atoms. The first kappa shape index (κ1) is 14.6. The molecule has 5 heteroatoms. The van der Waals surface area contributed by atoms with Crippen LogP contribution >= 0.6 is 0 Å². The maximum absolute atomic E-state index is 4.91. The van der Waals surface area contributed by atoms with Gasteiger partial charge in [0.2, 0.25) is 0 Å². The van der Waals surface area contributed by atoms with E-state index in [0.29, 0.717) is 5.92 Å². The monoisotopic (exact) mass is 289 g/mol. The Morgan fingerprint density at radius 3 is 2.48 bits per heavy atom. The summed E-state index contributed by atoms with van der Waals surface area (Å²) in [4.78, 5) is 14.5. The number of hydrogen-bond donors (Lipinski definition) is 1. The van der Waals surface area contributed by atoms with Crippen LogP contribution in [-0.2, 0) is 0 Å². The van der Waals surface area contributed by atoms with Crippen LogP contribution in [0.3, 0.4) is 0 Å². The lowest BCUT2D eigenvalue weighted by atomic mass is 9.99. The summed E-state index contributed by atoms with van der Waals surface area (Å²) in [6.07, 6.45) is 2.47. The lowest BCUT2D eigenvalue weighted by Gasteiger charge is -2.46. The topological polar surface area (TPSA) is 44.3 Å². The fraction of sp³-hybridized carbons (Fsp3) is 0.750. The maximum atomic E-state index is 4.91. The van der Waals surface area contributed by atoms with Crippen molar-refractivity contribution in [2.45, 2.75) is 45.1 Å². The van der Waals surface area contributed by atoms with Gasteiger partial charge in [-0.25, -0.2) is 9.97 Å². The molecule has 0 radical (unpaired) electrons. The minimum Gasteiger partial charge on any atom is -0.373 e. The normalized spacial score (nSPS) is 22.4. The molecule has 116 valence electrons. The second-order valence-electron chi connectivity index (χ2n) is 7.06. The molecule has 1 N–H and O–H groups in total. The van der Waals surface area contributed by atoms with Gasteiger partial charge in [0, 0.05) is 43.7 Å². The first-order chi connectivity index (χ1) is 9.92. The minimum atomic E-state index is 0.176. The van der Waals surface area contributed by atoms with Crippen molar-refractivity contribution in [3.8, 4) is 0 Å². The highest BCUT2D eigenvalue weighted by Gasteiger charge is 2.34. The van der Waals surface area contributed by atoms with Crippen molar-refractivity contribution < 1.29 is 0 Å². The van der Waals surface area contributed by atoms with E-state index in [2.05, 4.69) is 42.9 Å². The second-order valence-corrected chi connectivity index (χ2v) is 7.06. The number of hydrogen-bond acceptors (Lipinski definition) is 5. The van der Waals surface area contributed by atoms with Crippen LogP contribution in [0, 0.1) is 6.92 Å². The molecule has 1 aliphatic heterocycles. The predicted octanol–water partition coefficient (Wildman–Crippen LogP) is 2.23. The zero-order chi connectivity index (χ0) is 15.2. The van der Waals surface area contributed by atoms with Crippen molar-refractivity contribution in [3.05, 3.63) is 11.4 Å². The zero-order valence-corrected chi connectivity index (χ0v) is 13.9. The summed E-state index contributed by atoms with van der Waals surface area (Å²) in [5.41, 5.74) is 1.34. The predicted molar refractivity (Wildman–Crippen MR) is 87.2 cm³/mol. The summed E-state index contributed by atoms with van der Waals surface area (Å²) in [6, 6.07) is 0. The van der Waals surface area contributed by atoms with Gasteiger partial charge in [-0.05, 0) is 40.7 Å². The smallest absolute Gasteiger partial charge is 0.137 e. The third kappa shape index (κ3) is 2.71. The summed E-state index contributed by atoms with van der Waals surface area (Å²) in [6.45, 7) is 9.85. The molecule has 2 aliphatic rings. The largest absolute Gasteiger partial charge is 0.373 e. The van der Waals surface area contributed by atoms with Gasteiger partial charge in [-0.2, -0.15) is 0 Å². The molecular weight excluding hydrogens is 262 g/mol. The third-order valence-electron chi connectivity index (χ3n) is 4.93. The van der Waals surface area contributed by atoms with Gasteiger partial charge in [0.25, 0.3) is 0 Å². The molecule has 0 bridgehead atoms. The zero-order valence-electron chi connectivity index (χ0n) is 13.9. The van der Waals surface area contributed by atoms with Crippen LogP contribution in [0.4, 0.5) is 11.6 Å². The molecular formula is C16H27N5. The third-order valence-corrected chi connectivity index (χ3v) is 4.93. The van der Waals surface area contributed by atoms with Crippen LogP contribution in [0.2, 0.25) is 0 Å². The molecule has 1 aromatic rings. The first-order valence-electron chi connectivity index (χ1n) is 7.95. The summed E-state index contributed by atoms with van der Waals surface area (Å²) < 4.78 is 0. The molecule has 0 aromatic carbocycles. The molecule has 5 nitrogen and oxygen atoms in total. The number of aromatic nitrogens is 2. The van der Waals surface area contributed by atoms with E-state index in [-0.39, 0.29) is 5.54 Å². The molecule has 2 fully saturated rings. The average Bonchev–Trinajstić information content (AvgIpc) is 3.27. The SMILES string of the molecule is CNc1nc(C2CC2)nc(N2CCN(C)C(C)(C)C2)c1C. The van der Waals surface area contributed by atoms with Crippen LogP contribution in [0.1, 0.15) is 44.0 Å². The van der Waals surface area contributed by atoms with Gasteiger partial charge in [-0.3, -0.25) is 4.90 Å². The van der Waals surface area contributed by atoms with E-state index in [1.54, 1.807) is 0 Å². The van der Waals surface area contributed by atoms with Crippen LogP contribution in [0.25, 0.3) is 0 Å². The Morgan fingerprint density at radius 2 is 1.90 bits per heavy atom. The Labute approximate surface area is 127 Å². The standard InChI is InChI=1S/C16H27N5/c1-11-13(17-4)18-14(12-6-7-12)19-15(11)21-9-8-20(5)16(2,3)10-21/h12H,6-10H2,1-5H3,(H,17,18,19). The molecule has 1 aromatic heterocycles. The fourth-order valence-electron chi connectivity index (χ4n) is 3.02. The van der Waals surface area contributed by atoms with Gasteiger partial charge < -0.3 is 10.2 Å². The second kappa shape index (κ2) is 5.13. The molecule has 1 aliphatic carbocycles. The summed E-state index contributed by atoms with van der Waals surface area (Å²) in [7, 11) is 4.16. The van der Waals surface area contributed by atoms with Gasteiger partial charge in [-0.1, -0.05) is 0 Å². The number of piperazine rings is 1. The van der Waals surface area contributed by atoms with E-state index in [1.807, 2.05) is 7.05 Å². The highest BCUT2D eigenvalue weighted by atomic mass is 15.3. The fourth-order valence-corrected chi connectivity index (χ4v) is 3.02. The van der Waals surface area contributed by atoms with Gasteiger partial charge in [-0.15, -0.1) is 0 Å². The highest BCUT2D eigenvalue weighted by molar-refractivity contribution is 5.59. The van der Waals surface area contributed by atoms with Crippen molar-refractivity contribution >= 4 is 11.6 Å². The molecule has 0 unspecified atom stereocenters. The molecule has 21 heavy (non-hydrogen) atoms. The van der Waals surface area contributed by atoms with Gasteiger partial charge in [0.15, 0.2) is 0 Å². The number of rotatable bonds is 3. The van der Waals surface area contributed by atoms with E-state index >= 15 is 0 Å². The van der Waals surface area contributed by atoms with E-state index in [4.69, 9.17) is 9.97 Å². The summed E-state index contributed by atoms with van der Waals surface area (Å²) in [5.74, 6) is 3.71. The molecule has 2 heterocycles. The Balaban J connectivity index is 1.95. The van der Waals surface area contributed by atoms with Crippen LogP contribution in [0.5, 0.6) is 0 Å². The van der Waals surface area contributed by atoms with Crippen LogP contribution < -0.4 is 10.2 Å². The number of anilines is 2. The van der Waals surface area contributed by atoms with E-state index in [9.17, 15) is 0 Å². The van der Waals surface area contributed by atoms with E-state index in [1.165, 1.54) is 18.4 Å². The molecule has 1 saturated carbocycles. The van der Waals surface area contributed by atoms with Crippen molar-refractivity contribution in [1.82, 2.24) is 14.9 Å². The Bertz CT molecular complexity index is 536. The van der Waals surface area contributed by atoms with E-state index < -0.39 is 0 Å². The minimum absolute atomic E-state index is 0.176. The summed E-state index contributed by atoms with van der Waals surface area (Å²) in [5, 5.41) is 3.24. The van der Waals surface area contributed by atoms with Gasteiger partial charge >= 0.3 is 0 Å². The van der Waals surface area contributed by atoms with E-state index in [0.717, 1.165) is 37.1 Å². The number of nitrogens with zero attached hydrogens (tertiary/aromatic N) is 4. The van der Waals surface area contributed by atoms with Crippen molar-refractivity contribution in [2.24, 2.45) is 0 Å². The maximum Gasteiger partial charge on any atom is 0.137 e. The van der Waals surface area contributed by atoms with Crippen molar-refractivity contribution in [3.63, 3.8) is 0 Å². The molecule has 0 amide bonds. The Morgan fingerprint density at radius 1 is 1.19 bits per heavy atom. The Kier molecular flexibility index (Phi) is 3.56. The Hall–Kier alpha value is -1.36.